The van der Waals surface area contributed by atoms with Gasteiger partial charge in [0.05, 0.1) is 6.61 Å². The van der Waals surface area contributed by atoms with E-state index in [9.17, 15) is 14.4 Å². The second-order valence-corrected chi connectivity index (χ2v) is 12.9. The number of nitrogens with zero attached hydrogens (tertiary/aromatic N) is 1. The van der Waals surface area contributed by atoms with Gasteiger partial charge in [-0.15, -0.1) is 4.99 Å². The van der Waals surface area contributed by atoms with Gasteiger partial charge in [-0.25, -0.2) is 4.89 Å². The predicted octanol–water partition coefficient (Wildman–Crippen LogP) is 8.62. The van der Waals surface area contributed by atoms with Crippen molar-refractivity contribution in [3.63, 3.8) is 0 Å². The predicted molar refractivity (Wildman–Crippen MR) is 182 cm³/mol. The van der Waals surface area contributed by atoms with Crippen LogP contribution >= 0.6 is 0 Å². The molecule has 1 aliphatic rings. The minimum Gasteiger partial charge on any atom is -0.352 e. The molecule has 0 aliphatic heterocycles. The summed E-state index contributed by atoms with van der Waals surface area (Å²) in [6.07, 6.45) is 26.4. The van der Waals surface area contributed by atoms with Gasteiger partial charge < -0.3 is 5.32 Å². The van der Waals surface area contributed by atoms with Crippen molar-refractivity contribution in [3.05, 3.63) is 34.9 Å². The van der Waals surface area contributed by atoms with Gasteiger partial charge in [-0.2, -0.15) is 5.48 Å². The Morgan fingerprint density at radius 1 is 0.844 bits per heavy atom. The number of imide groups is 1. The Hall–Kier alpha value is -2.29. The highest BCUT2D eigenvalue weighted by Crippen LogP contribution is 2.26. The molecule has 8 nitrogen and oxygen atoms in total. The lowest BCUT2D eigenvalue weighted by Gasteiger charge is -2.18. The fourth-order valence-electron chi connectivity index (χ4n) is 6.13. The van der Waals surface area contributed by atoms with E-state index in [1.807, 2.05) is 13.8 Å². The molecule has 1 saturated carbocycles. The number of carbonyl (C=O) groups excluding carboxylic acids is 3. The van der Waals surface area contributed by atoms with E-state index in [1.54, 1.807) is 18.2 Å². The van der Waals surface area contributed by atoms with Gasteiger partial charge in [-0.05, 0) is 56.2 Å². The van der Waals surface area contributed by atoms with Crippen LogP contribution in [0.5, 0.6) is 0 Å². The Kier molecular flexibility index (Phi) is 22.3. The minimum atomic E-state index is -0.364. The zero-order chi connectivity index (χ0) is 32.4. The molecule has 45 heavy (non-hydrogen) atoms. The summed E-state index contributed by atoms with van der Waals surface area (Å²) >= 11 is 0. The Bertz CT molecular complexity index is 931. The summed E-state index contributed by atoms with van der Waals surface area (Å²) in [5.74, 6) is 0.409. The van der Waals surface area contributed by atoms with Crippen molar-refractivity contribution in [2.45, 2.75) is 149 Å². The maximum absolute atomic E-state index is 13.1. The summed E-state index contributed by atoms with van der Waals surface area (Å²) in [6, 6.07) is 5.14. The van der Waals surface area contributed by atoms with Gasteiger partial charge in [0.2, 0.25) is 6.41 Å². The molecule has 8 heteroatoms. The standard InChI is InChI=1S/C37H63N3O5/c1-3-26-39-45-44-29-20-14-13-19-28-40(31-41)37(43)35-30-34(25-24-32(35)2)36(42)38-27-18-12-8-7-11-17-23-33-21-15-9-5-4-6-10-16-22-33/h24-25,30-31,33,39H,3-23,26-29H2,1-2H3,(H,38,42). The van der Waals surface area contributed by atoms with Crippen LogP contribution < -0.4 is 10.8 Å². The van der Waals surface area contributed by atoms with E-state index in [0.29, 0.717) is 43.7 Å². The highest BCUT2D eigenvalue weighted by atomic mass is 17.3. The highest BCUT2D eigenvalue weighted by Gasteiger charge is 2.19. The normalized spacial score (nSPS) is 14.6. The zero-order valence-corrected chi connectivity index (χ0v) is 28.6. The van der Waals surface area contributed by atoms with Crippen LogP contribution in [0.1, 0.15) is 168 Å². The fraction of sp³-hybridized carbons (Fsp3) is 0.757. The second-order valence-electron chi connectivity index (χ2n) is 12.9. The van der Waals surface area contributed by atoms with E-state index in [2.05, 4.69) is 10.8 Å². The highest BCUT2D eigenvalue weighted by molar-refractivity contribution is 6.03. The summed E-state index contributed by atoms with van der Waals surface area (Å²) in [5, 5.41) is 3.01. The number of rotatable bonds is 23. The van der Waals surface area contributed by atoms with Crippen molar-refractivity contribution >= 4 is 18.2 Å². The van der Waals surface area contributed by atoms with E-state index in [-0.39, 0.29) is 11.8 Å². The molecule has 2 rings (SSSR count). The van der Waals surface area contributed by atoms with Crippen molar-refractivity contribution in [1.29, 1.82) is 0 Å². The van der Waals surface area contributed by atoms with Crippen LogP contribution in [0.4, 0.5) is 0 Å². The molecule has 2 N–H and O–H groups in total. The van der Waals surface area contributed by atoms with E-state index in [1.165, 1.54) is 94.8 Å². The van der Waals surface area contributed by atoms with E-state index >= 15 is 0 Å². The Balaban J connectivity index is 1.61. The number of hydrogen-bond acceptors (Lipinski definition) is 6. The van der Waals surface area contributed by atoms with Gasteiger partial charge in [0, 0.05) is 30.8 Å². The minimum absolute atomic E-state index is 0.177. The fourth-order valence-corrected chi connectivity index (χ4v) is 6.13. The van der Waals surface area contributed by atoms with Crippen molar-refractivity contribution < 1.29 is 24.3 Å². The Morgan fingerprint density at radius 3 is 2.20 bits per heavy atom. The van der Waals surface area contributed by atoms with Gasteiger partial charge in [0.15, 0.2) is 0 Å². The largest absolute Gasteiger partial charge is 0.352 e. The summed E-state index contributed by atoms with van der Waals surface area (Å²) in [6.45, 7) is 6.07. The lowest BCUT2D eigenvalue weighted by Crippen LogP contribution is -2.31. The van der Waals surface area contributed by atoms with E-state index < -0.39 is 0 Å². The molecular weight excluding hydrogens is 566 g/mol. The number of benzene rings is 1. The van der Waals surface area contributed by atoms with Crippen LogP contribution in [0.3, 0.4) is 0 Å². The number of unbranched alkanes of at least 4 members (excludes halogenated alkanes) is 8. The second kappa shape index (κ2) is 25.9. The van der Waals surface area contributed by atoms with Crippen LogP contribution in [0, 0.1) is 12.8 Å². The van der Waals surface area contributed by atoms with Gasteiger partial charge in [-0.3, -0.25) is 19.3 Å². The van der Waals surface area contributed by atoms with Crippen molar-refractivity contribution in [1.82, 2.24) is 15.7 Å². The number of hydroxylamine groups is 1. The third-order valence-corrected chi connectivity index (χ3v) is 9.01. The average Bonchev–Trinajstić information content (AvgIpc) is 3.05. The summed E-state index contributed by atoms with van der Waals surface area (Å²) in [4.78, 5) is 48.8. The molecule has 1 aliphatic carbocycles. The molecule has 0 atom stereocenters. The lowest BCUT2D eigenvalue weighted by molar-refractivity contribution is -0.336. The molecule has 0 bridgehead atoms. The number of amides is 3. The lowest BCUT2D eigenvalue weighted by atomic mass is 9.88. The molecule has 0 radical (unpaired) electrons. The molecular formula is C37H63N3O5. The van der Waals surface area contributed by atoms with Crippen LogP contribution in [0.15, 0.2) is 18.2 Å². The average molecular weight is 630 g/mol. The van der Waals surface area contributed by atoms with Gasteiger partial charge >= 0.3 is 0 Å². The van der Waals surface area contributed by atoms with Crippen LogP contribution in [-0.4, -0.2) is 49.4 Å². The quantitative estimate of drug-likeness (QED) is 0.0544. The number of nitrogens with one attached hydrogen (secondary N) is 2. The molecule has 0 heterocycles. The summed E-state index contributed by atoms with van der Waals surface area (Å²) < 4.78 is 0. The van der Waals surface area contributed by atoms with E-state index in [4.69, 9.17) is 9.88 Å². The monoisotopic (exact) mass is 629 g/mol. The van der Waals surface area contributed by atoms with Crippen molar-refractivity contribution in [3.8, 4) is 0 Å². The van der Waals surface area contributed by atoms with Crippen molar-refractivity contribution in [2.75, 3.05) is 26.2 Å². The molecule has 1 aromatic rings. The number of carbonyl (C=O) groups is 3. The van der Waals surface area contributed by atoms with E-state index in [0.717, 1.165) is 56.6 Å². The maximum Gasteiger partial charge on any atom is 0.260 e. The number of aryl methyl sites for hydroxylation is 1. The number of hydrogen-bond donors (Lipinski definition) is 2. The first-order chi connectivity index (χ1) is 22.1. The molecule has 1 fully saturated rings. The molecule has 0 aromatic heterocycles. The first kappa shape index (κ1) is 38.9. The molecule has 3 amide bonds. The van der Waals surface area contributed by atoms with Gasteiger partial charge in [0.25, 0.3) is 11.8 Å². The zero-order valence-electron chi connectivity index (χ0n) is 28.6. The smallest absolute Gasteiger partial charge is 0.260 e. The van der Waals surface area contributed by atoms with Crippen LogP contribution in [0.2, 0.25) is 0 Å². The van der Waals surface area contributed by atoms with Crippen molar-refractivity contribution in [2.24, 2.45) is 5.92 Å². The Morgan fingerprint density at radius 2 is 1.49 bits per heavy atom. The topological polar surface area (TPSA) is 97.0 Å². The van der Waals surface area contributed by atoms with Crippen LogP contribution in [0.25, 0.3) is 0 Å². The van der Waals surface area contributed by atoms with Gasteiger partial charge in [0.1, 0.15) is 0 Å². The third kappa shape index (κ3) is 17.8. The molecule has 1 aromatic carbocycles. The van der Waals surface area contributed by atoms with Crippen LogP contribution in [-0.2, 0) is 14.7 Å². The maximum atomic E-state index is 13.1. The molecule has 0 unspecified atom stereocenters. The summed E-state index contributed by atoms with van der Waals surface area (Å²) in [7, 11) is 0. The first-order valence-corrected chi connectivity index (χ1v) is 18.2. The first-order valence-electron chi connectivity index (χ1n) is 18.2. The molecule has 0 saturated heterocycles. The third-order valence-electron chi connectivity index (χ3n) is 9.01. The molecule has 0 spiro atoms. The Labute approximate surface area is 273 Å². The summed E-state index contributed by atoms with van der Waals surface area (Å²) in [5.41, 5.74) is 4.30. The molecule has 256 valence electrons. The SMILES string of the molecule is CCCNOOCCCCCCN(C=O)C(=O)c1cc(C(=O)NCCCCCCCCC2CCCCCCCCC2)ccc1C. The van der Waals surface area contributed by atoms with Gasteiger partial charge in [-0.1, -0.05) is 122 Å².